The Bertz CT molecular complexity index is 561. The molecule has 1 heterocycles. The average molecular weight is 282 g/mol. The minimum atomic E-state index is -0.231. The highest BCUT2D eigenvalue weighted by molar-refractivity contribution is 5.77. The molecule has 1 aliphatic heterocycles. The van der Waals surface area contributed by atoms with Crippen LogP contribution in [0.25, 0.3) is 0 Å². The van der Waals surface area contributed by atoms with Gasteiger partial charge in [0.1, 0.15) is 6.73 Å². The molecular weight excluding hydrogens is 264 g/mol. The van der Waals surface area contributed by atoms with Crippen LogP contribution in [0.3, 0.4) is 0 Å². The minimum Gasteiger partial charge on any atom is -0.376 e. The molecule has 0 aliphatic carbocycles. The number of hydrogen-bond acceptors (Lipinski definition) is 2. The summed E-state index contributed by atoms with van der Waals surface area (Å²) in [5.74, 6) is 0. The Kier molecular flexibility index (Phi) is 3.88. The molecule has 0 bridgehead atoms. The molecule has 3 rings (SSSR count). The molecule has 0 aromatic heterocycles. The number of carbonyl (C=O) groups excluding carboxylic acids is 1. The quantitative estimate of drug-likeness (QED) is 0.936. The SMILES string of the molecule is O=C1N(CO)CCN1C(c1ccccc1)c1ccccc1. The molecule has 108 valence electrons. The maximum atomic E-state index is 12.4. The Hall–Kier alpha value is -2.33. The molecule has 2 aromatic carbocycles. The summed E-state index contributed by atoms with van der Waals surface area (Å²) in [6.07, 6.45) is 0. The Morgan fingerprint density at radius 3 is 1.86 bits per heavy atom. The monoisotopic (exact) mass is 282 g/mol. The van der Waals surface area contributed by atoms with E-state index in [1.54, 1.807) is 0 Å². The van der Waals surface area contributed by atoms with E-state index in [0.717, 1.165) is 11.1 Å². The standard InChI is InChI=1S/C17H18N2O2/c20-13-18-11-12-19(17(18)21)16(14-7-3-1-4-8-14)15-9-5-2-6-10-15/h1-10,16,20H,11-13H2. The van der Waals surface area contributed by atoms with Crippen LogP contribution in [0.15, 0.2) is 60.7 Å². The molecule has 21 heavy (non-hydrogen) atoms. The van der Waals surface area contributed by atoms with Crippen molar-refractivity contribution in [2.24, 2.45) is 0 Å². The summed E-state index contributed by atoms with van der Waals surface area (Å²) < 4.78 is 0. The molecule has 0 spiro atoms. The van der Waals surface area contributed by atoms with Crippen LogP contribution in [0.4, 0.5) is 4.79 Å². The molecule has 0 radical (unpaired) electrons. The van der Waals surface area contributed by atoms with E-state index in [9.17, 15) is 9.90 Å². The van der Waals surface area contributed by atoms with Crippen LogP contribution in [-0.4, -0.2) is 40.8 Å². The van der Waals surface area contributed by atoms with Gasteiger partial charge in [0.05, 0.1) is 6.04 Å². The van der Waals surface area contributed by atoms with Gasteiger partial charge in [-0.05, 0) is 11.1 Å². The predicted molar refractivity (Wildman–Crippen MR) is 80.6 cm³/mol. The third-order valence-corrected chi connectivity index (χ3v) is 3.84. The van der Waals surface area contributed by atoms with E-state index in [1.165, 1.54) is 4.90 Å². The van der Waals surface area contributed by atoms with E-state index in [4.69, 9.17) is 0 Å². The zero-order valence-electron chi connectivity index (χ0n) is 11.7. The summed E-state index contributed by atoms with van der Waals surface area (Å²) in [6, 6.07) is 19.8. The summed E-state index contributed by atoms with van der Waals surface area (Å²) in [5.41, 5.74) is 2.16. The molecule has 1 N–H and O–H groups in total. The highest BCUT2D eigenvalue weighted by Crippen LogP contribution is 2.31. The van der Waals surface area contributed by atoms with Crippen molar-refractivity contribution in [3.63, 3.8) is 0 Å². The van der Waals surface area contributed by atoms with E-state index >= 15 is 0 Å². The van der Waals surface area contributed by atoms with Gasteiger partial charge in [0.25, 0.3) is 0 Å². The maximum Gasteiger partial charge on any atom is 0.322 e. The number of urea groups is 1. The largest absolute Gasteiger partial charge is 0.376 e. The van der Waals surface area contributed by atoms with Gasteiger partial charge >= 0.3 is 6.03 Å². The van der Waals surface area contributed by atoms with Crippen LogP contribution in [0.1, 0.15) is 17.2 Å². The van der Waals surface area contributed by atoms with Gasteiger partial charge in [0.2, 0.25) is 0 Å². The number of nitrogens with zero attached hydrogens (tertiary/aromatic N) is 2. The number of amides is 2. The van der Waals surface area contributed by atoms with Gasteiger partial charge in [-0.25, -0.2) is 4.79 Å². The Balaban J connectivity index is 2.00. The van der Waals surface area contributed by atoms with Crippen LogP contribution >= 0.6 is 0 Å². The van der Waals surface area contributed by atoms with Gasteiger partial charge < -0.3 is 10.0 Å². The van der Waals surface area contributed by atoms with Crippen molar-refractivity contribution < 1.29 is 9.90 Å². The average Bonchev–Trinajstić information content (AvgIpc) is 2.91. The number of benzene rings is 2. The van der Waals surface area contributed by atoms with Gasteiger partial charge in [-0.2, -0.15) is 0 Å². The molecule has 1 saturated heterocycles. The van der Waals surface area contributed by atoms with Crippen LogP contribution in [0.5, 0.6) is 0 Å². The first-order chi connectivity index (χ1) is 10.3. The smallest absolute Gasteiger partial charge is 0.322 e. The third-order valence-electron chi connectivity index (χ3n) is 3.84. The summed E-state index contributed by atoms with van der Waals surface area (Å²) in [6.45, 7) is 0.949. The van der Waals surface area contributed by atoms with E-state index < -0.39 is 0 Å². The molecule has 2 amide bonds. The van der Waals surface area contributed by atoms with E-state index in [2.05, 4.69) is 0 Å². The van der Waals surface area contributed by atoms with Crippen molar-refractivity contribution in [3.8, 4) is 0 Å². The highest BCUT2D eigenvalue weighted by Gasteiger charge is 2.34. The lowest BCUT2D eigenvalue weighted by molar-refractivity contribution is 0.131. The number of carbonyl (C=O) groups is 1. The molecule has 4 heteroatoms. The first-order valence-electron chi connectivity index (χ1n) is 7.07. The van der Waals surface area contributed by atoms with Gasteiger partial charge in [0, 0.05) is 13.1 Å². The second-order valence-corrected chi connectivity index (χ2v) is 5.10. The summed E-state index contributed by atoms with van der Waals surface area (Å²) in [4.78, 5) is 15.7. The van der Waals surface area contributed by atoms with Crippen LogP contribution in [0, 0.1) is 0 Å². The van der Waals surface area contributed by atoms with Crippen LogP contribution < -0.4 is 0 Å². The summed E-state index contributed by atoms with van der Waals surface area (Å²) >= 11 is 0. The number of rotatable bonds is 4. The fourth-order valence-corrected chi connectivity index (χ4v) is 2.80. The van der Waals surface area contributed by atoms with Gasteiger partial charge in [0.15, 0.2) is 0 Å². The molecule has 4 nitrogen and oxygen atoms in total. The topological polar surface area (TPSA) is 43.8 Å². The molecule has 2 aromatic rings. The molecule has 1 aliphatic rings. The lowest BCUT2D eigenvalue weighted by Crippen LogP contribution is -2.35. The van der Waals surface area contributed by atoms with Crippen LogP contribution in [-0.2, 0) is 0 Å². The maximum absolute atomic E-state index is 12.4. The fraction of sp³-hybridized carbons (Fsp3) is 0.235. The second kappa shape index (κ2) is 5.97. The zero-order valence-corrected chi connectivity index (χ0v) is 11.7. The number of aliphatic hydroxyl groups is 1. The minimum absolute atomic E-state index is 0.114. The molecule has 0 atom stereocenters. The van der Waals surface area contributed by atoms with Crippen molar-refractivity contribution in [1.82, 2.24) is 9.80 Å². The lowest BCUT2D eigenvalue weighted by Gasteiger charge is -2.28. The van der Waals surface area contributed by atoms with E-state index in [1.807, 2.05) is 65.6 Å². The Labute approximate surface area is 124 Å². The lowest BCUT2D eigenvalue weighted by atomic mass is 9.97. The Morgan fingerprint density at radius 2 is 1.43 bits per heavy atom. The predicted octanol–water partition coefficient (Wildman–Crippen LogP) is 2.46. The van der Waals surface area contributed by atoms with Crippen molar-refractivity contribution in [2.45, 2.75) is 6.04 Å². The van der Waals surface area contributed by atoms with E-state index in [0.29, 0.717) is 13.1 Å². The molecule has 1 fully saturated rings. The van der Waals surface area contributed by atoms with Gasteiger partial charge in [-0.3, -0.25) is 4.90 Å². The molecule has 0 unspecified atom stereocenters. The van der Waals surface area contributed by atoms with Crippen molar-refractivity contribution in [2.75, 3.05) is 19.8 Å². The van der Waals surface area contributed by atoms with Gasteiger partial charge in [-0.15, -0.1) is 0 Å². The van der Waals surface area contributed by atoms with Crippen molar-refractivity contribution >= 4 is 6.03 Å². The zero-order chi connectivity index (χ0) is 14.7. The summed E-state index contributed by atoms with van der Waals surface area (Å²) in [7, 11) is 0. The molecule has 0 saturated carbocycles. The first kappa shape index (κ1) is 13.6. The first-order valence-corrected chi connectivity index (χ1v) is 7.07. The van der Waals surface area contributed by atoms with Gasteiger partial charge in [-0.1, -0.05) is 60.7 Å². The van der Waals surface area contributed by atoms with Crippen molar-refractivity contribution in [1.29, 1.82) is 0 Å². The highest BCUT2D eigenvalue weighted by atomic mass is 16.3. The number of hydrogen-bond donors (Lipinski definition) is 1. The van der Waals surface area contributed by atoms with Crippen LogP contribution in [0.2, 0.25) is 0 Å². The third kappa shape index (κ3) is 2.62. The fourth-order valence-electron chi connectivity index (χ4n) is 2.80. The molecular formula is C17H18N2O2. The number of aliphatic hydroxyl groups excluding tert-OH is 1. The normalized spacial score (nSPS) is 15.0. The second-order valence-electron chi connectivity index (χ2n) is 5.10. The van der Waals surface area contributed by atoms with Crippen molar-refractivity contribution in [3.05, 3.63) is 71.8 Å². The van der Waals surface area contributed by atoms with E-state index in [-0.39, 0.29) is 18.8 Å². The Morgan fingerprint density at radius 1 is 0.905 bits per heavy atom. The summed E-state index contributed by atoms with van der Waals surface area (Å²) in [5, 5.41) is 9.26.